The molecule has 0 aliphatic rings. The highest BCUT2D eigenvalue weighted by atomic mass is 32.3. The molecule has 0 fully saturated rings. The van der Waals surface area contributed by atoms with Crippen LogP contribution >= 0.6 is 11.3 Å². The maximum Gasteiger partial charge on any atom is 0.304 e. The van der Waals surface area contributed by atoms with Gasteiger partial charge in [0.2, 0.25) is 0 Å². The fourth-order valence-corrected chi connectivity index (χ4v) is 4.57. The molecule has 2 rings (SSSR count). The first-order chi connectivity index (χ1) is 7.71. The number of thiophene rings is 1. The van der Waals surface area contributed by atoms with Crippen LogP contribution in [0.5, 0.6) is 0 Å². The average molecular weight is 294 g/mol. The van der Waals surface area contributed by atoms with Gasteiger partial charge < -0.3 is 0 Å². The van der Waals surface area contributed by atoms with E-state index in [2.05, 4.69) is 0 Å². The molecule has 1 aromatic carbocycles. The Kier molecular flexibility index (Phi) is 2.75. The predicted molar refractivity (Wildman–Crippen MR) is 61.5 cm³/mol. The molecule has 2 aromatic rings. The first kappa shape index (κ1) is 12.5. The molecule has 0 saturated carbocycles. The molecule has 0 saturated heterocycles. The summed E-state index contributed by atoms with van der Waals surface area (Å²) in [7, 11) is -9.05. The summed E-state index contributed by atoms with van der Waals surface area (Å²) in [6, 6.07) is 5.70. The predicted octanol–water partition coefficient (Wildman–Crippen LogP) is 1.39. The van der Waals surface area contributed by atoms with Crippen molar-refractivity contribution in [3.05, 3.63) is 24.3 Å². The second-order valence-electron chi connectivity index (χ2n) is 3.17. The van der Waals surface area contributed by atoms with E-state index < -0.39 is 28.7 Å². The SMILES string of the molecule is O=S(=O)(O)c1sc(S(=O)(=O)O)c2ccccc12. The van der Waals surface area contributed by atoms with Crippen molar-refractivity contribution in [1.29, 1.82) is 0 Å². The van der Waals surface area contributed by atoms with Crippen molar-refractivity contribution in [2.75, 3.05) is 0 Å². The maximum absolute atomic E-state index is 11.1. The quantitative estimate of drug-likeness (QED) is 0.810. The van der Waals surface area contributed by atoms with Crippen molar-refractivity contribution in [2.45, 2.75) is 8.42 Å². The molecule has 2 N–H and O–H groups in total. The highest BCUT2D eigenvalue weighted by Gasteiger charge is 2.25. The van der Waals surface area contributed by atoms with Crippen molar-refractivity contribution in [1.82, 2.24) is 0 Å². The van der Waals surface area contributed by atoms with Crippen LogP contribution in [0, 0.1) is 0 Å². The second kappa shape index (κ2) is 3.75. The Morgan fingerprint density at radius 1 is 0.824 bits per heavy atom. The van der Waals surface area contributed by atoms with Crippen LogP contribution in [-0.4, -0.2) is 25.9 Å². The minimum Gasteiger partial charge on any atom is -0.281 e. The van der Waals surface area contributed by atoms with Gasteiger partial charge in [0.1, 0.15) is 0 Å². The molecule has 0 spiro atoms. The van der Waals surface area contributed by atoms with Gasteiger partial charge in [0.05, 0.1) is 0 Å². The van der Waals surface area contributed by atoms with Gasteiger partial charge in [0.25, 0.3) is 0 Å². The summed E-state index contributed by atoms with van der Waals surface area (Å²) < 4.78 is 61.3. The normalized spacial score (nSPS) is 13.1. The molecule has 1 aromatic heterocycles. The number of hydrogen-bond donors (Lipinski definition) is 2. The summed E-state index contributed by atoms with van der Waals surface area (Å²) in [5.41, 5.74) is 0. The molecule has 0 aliphatic carbocycles. The van der Waals surface area contributed by atoms with Gasteiger partial charge in [-0.05, 0) is 0 Å². The summed E-state index contributed by atoms with van der Waals surface area (Å²) in [6.45, 7) is 0. The first-order valence-corrected chi connectivity index (χ1v) is 7.87. The third kappa shape index (κ3) is 2.19. The van der Waals surface area contributed by atoms with Gasteiger partial charge in [-0.3, -0.25) is 9.11 Å². The topological polar surface area (TPSA) is 109 Å². The highest BCUT2D eigenvalue weighted by molar-refractivity contribution is 7.91. The molecular formula is C8H6O6S3. The lowest BCUT2D eigenvalue weighted by Crippen LogP contribution is -1.95. The zero-order valence-corrected chi connectivity index (χ0v) is 10.5. The average Bonchev–Trinajstić information content (AvgIpc) is 2.55. The summed E-state index contributed by atoms with van der Waals surface area (Å²) >= 11 is 0.311. The first-order valence-electron chi connectivity index (χ1n) is 4.18. The van der Waals surface area contributed by atoms with Gasteiger partial charge in [-0.2, -0.15) is 16.8 Å². The monoisotopic (exact) mass is 294 g/mol. The Morgan fingerprint density at radius 2 is 1.18 bits per heavy atom. The molecule has 0 bridgehead atoms. The summed E-state index contributed by atoms with van der Waals surface area (Å²) in [5.74, 6) is 0. The van der Waals surface area contributed by atoms with E-state index in [4.69, 9.17) is 9.11 Å². The standard InChI is InChI=1S/C8H6O6S3/c9-16(10,11)7-5-3-1-2-4-6(5)8(15-7)17(12,13)14/h1-4H,(H,9,10,11)(H,12,13,14). The third-order valence-electron chi connectivity index (χ3n) is 2.02. The Labute approximate surface area is 101 Å². The molecule has 17 heavy (non-hydrogen) atoms. The zero-order chi connectivity index (χ0) is 12.8. The lowest BCUT2D eigenvalue weighted by Gasteiger charge is -1.93. The largest absolute Gasteiger partial charge is 0.304 e. The van der Waals surface area contributed by atoms with Crippen LogP contribution in [0.2, 0.25) is 0 Å². The third-order valence-corrected chi connectivity index (χ3v) is 5.97. The van der Waals surface area contributed by atoms with Crippen LogP contribution in [0.3, 0.4) is 0 Å². The minimum absolute atomic E-state index is 0.0626. The molecule has 0 aliphatic heterocycles. The summed E-state index contributed by atoms with van der Waals surface area (Å²) in [6.07, 6.45) is 0. The fourth-order valence-electron chi connectivity index (χ4n) is 1.42. The molecule has 92 valence electrons. The molecule has 0 radical (unpaired) electrons. The van der Waals surface area contributed by atoms with Crippen molar-refractivity contribution in [3.63, 3.8) is 0 Å². The van der Waals surface area contributed by atoms with Crippen molar-refractivity contribution in [2.24, 2.45) is 0 Å². The van der Waals surface area contributed by atoms with Gasteiger partial charge in [0, 0.05) is 10.8 Å². The molecule has 9 heteroatoms. The molecule has 0 unspecified atom stereocenters. The smallest absolute Gasteiger partial charge is 0.281 e. The molecule has 6 nitrogen and oxygen atoms in total. The fraction of sp³-hybridized carbons (Fsp3) is 0. The van der Waals surface area contributed by atoms with Crippen molar-refractivity contribution < 1.29 is 25.9 Å². The van der Waals surface area contributed by atoms with Gasteiger partial charge in [0.15, 0.2) is 8.42 Å². The number of rotatable bonds is 2. The lowest BCUT2D eigenvalue weighted by atomic mass is 10.2. The lowest BCUT2D eigenvalue weighted by molar-refractivity contribution is 0.485. The minimum atomic E-state index is -4.53. The van der Waals surface area contributed by atoms with E-state index >= 15 is 0 Å². The van der Waals surface area contributed by atoms with Crippen LogP contribution in [0.15, 0.2) is 32.7 Å². The molecule has 0 atom stereocenters. The Balaban J connectivity index is 3.01. The van der Waals surface area contributed by atoms with E-state index in [1.165, 1.54) is 24.3 Å². The molecule has 0 amide bonds. The number of benzene rings is 1. The van der Waals surface area contributed by atoms with Gasteiger partial charge >= 0.3 is 20.2 Å². The van der Waals surface area contributed by atoms with E-state index in [0.717, 1.165) is 0 Å². The Hall–Kier alpha value is -1.00. The van der Waals surface area contributed by atoms with Gasteiger partial charge in [-0.25, -0.2) is 0 Å². The van der Waals surface area contributed by atoms with Gasteiger partial charge in [-0.15, -0.1) is 11.3 Å². The van der Waals surface area contributed by atoms with E-state index in [1.54, 1.807) is 0 Å². The van der Waals surface area contributed by atoms with Crippen LogP contribution < -0.4 is 0 Å². The van der Waals surface area contributed by atoms with Crippen LogP contribution in [-0.2, 0) is 20.2 Å². The molecule has 1 heterocycles. The number of hydrogen-bond acceptors (Lipinski definition) is 5. The van der Waals surface area contributed by atoms with Crippen molar-refractivity contribution in [3.8, 4) is 0 Å². The van der Waals surface area contributed by atoms with Crippen LogP contribution in [0.1, 0.15) is 0 Å². The van der Waals surface area contributed by atoms with Crippen LogP contribution in [0.4, 0.5) is 0 Å². The Bertz CT molecular complexity index is 718. The van der Waals surface area contributed by atoms with E-state index in [0.29, 0.717) is 11.3 Å². The van der Waals surface area contributed by atoms with E-state index in [1.807, 2.05) is 0 Å². The maximum atomic E-state index is 11.1. The second-order valence-corrected chi connectivity index (χ2v) is 7.43. The highest BCUT2D eigenvalue weighted by Crippen LogP contribution is 2.37. The van der Waals surface area contributed by atoms with Crippen molar-refractivity contribution >= 4 is 42.3 Å². The Morgan fingerprint density at radius 3 is 1.47 bits per heavy atom. The molecular weight excluding hydrogens is 288 g/mol. The summed E-state index contributed by atoms with van der Waals surface area (Å²) in [4.78, 5) is 0. The van der Waals surface area contributed by atoms with Gasteiger partial charge in [-0.1, -0.05) is 24.3 Å². The van der Waals surface area contributed by atoms with E-state index in [-0.39, 0.29) is 10.8 Å². The van der Waals surface area contributed by atoms with E-state index in [9.17, 15) is 16.8 Å². The zero-order valence-electron chi connectivity index (χ0n) is 8.06. The van der Waals surface area contributed by atoms with Crippen LogP contribution in [0.25, 0.3) is 10.8 Å². The summed E-state index contributed by atoms with van der Waals surface area (Å²) in [5, 5.41) is 0.125. The number of fused-ring (bicyclic) bond motifs is 1.